The van der Waals surface area contributed by atoms with E-state index < -0.39 is 34.1 Å². The van der Waals surface area contributed by atoms with Crippen LogP contribution in [0.4, 0.5) is 10.1 Å². The number of aliphatic hydroxyl groups is 1. The molecule has 0 radical (unpaired) electrons. The van der Waals surface area contributed by atoms with E-state index in [-0.39, 0.29) is 0 Å². The Morgan fingerprint density at radius 3 is 2.75 bits per heavy atom. The normalized spacial score (nSPS) is 11.9. The lowest BCUT2D eigenvalue weighted by Gasteiger charge is -2.08. The quantitative estimate of drug-likeness (QED) is 0.473. The van der Waals surface area contributed by atoms with E-state index in [1.807, 2.05) is 0 Å². The Morgan fingerprint density at radius 2 is 2.25 bits per heavy atom. The van der Waals surface area contributed by atoms with Gasteiger partial charge in [0.25, 0.3) is 5.69 Å². The van der Waals surface area contributed by atoms with E-state index in [9.17, 15) is 24.4 Å². The minimum atomic E-state index is -1.87. The highest BCUT2D eigenvalue weighted by molar-refractivity contribution is 5.76. The van der Waals surface area contributed by atoms with Crippen molar-refractivity contribution in [2.75, 3.05) is 7.11 Å². The van der Waals surface area contributed by atoms with Crippen LogP contribution in [0.3, 0.4) is 0 Å². The minimum Gasteiger partial charge on any atom is -0.467 e. The third kappa shape index (κ3) is 2.31. The summed E-state index contributed by atoms with van der Waals surface area (Å²) in [6, 6.07) is 2.53. The largest absolute Gasteiger partial charge is 0.467 e. The molecule has 0 aliphatic rings. The standard InChI is InChI=1S/C9H8FNO5/c1-16-9(13)8(12)6-4-5(11(14)15)2-3-7(6)10/h2-4,8,12H,1H3. The molecule has 1 atom stereocenters. The number of methoxy groups -OCH3 is 1. The molecule has 0 aliphatic heterocycles. The van der Waals surface area contributed by atoms with Gasteiger partial charge in [0.15, 0.2) is 6.10 Å². The number of ether oxygens (including phenoxy) is 1. The van der Waals surface area contributed by atoms with Gasteiger partial charge in [-0.3, -0.25) is 10.1 Å². The van der Waals surface area contributed by atoms with E-state index in [1.54, 1.807) is 0 Å². The summed E-state index contributed by atoms with van der Waals surface area (Å²) in [5.41, 5.74) is -0.902. The van der Waals surface area contributed by atoms with Crippen molar-refractivity contribution in [2.45, 2.75) is 6.10 Å². The number of benzene rings is 1. The maximum atomic E-state index is 13.2. The number of rotatable bonds is 3. The van der Waals surface area contributed by atoms with E-state index in [1.165, 1.54) is 0 Å². The van der Waals surface area contributed by atoms with E-state index in [0.29, 0.717) is 0 Å². The highest BCUT2D eigenvalue weighted by Crippen LogP contribution is 2.23. The molecule has 0 spiro atoms. The lowest BCUT2D eigenvalue weighted by Crippen LogP contribution is -2.15. The van der Waals surface area contributed by atoms with Gasteiger partial charge in [0.1, 0.15) is 5.82 Å². The van der Waals surface area contributed by atoms with E-state index in [2.05, 4.69) is 4.74 Å². The Morgan fingerprint density at radius 1 is 1.62 bits per heavy atom. The van der Waals surface area contributed by atoms with Gasteiger partial charge in [0, 0.05) is 17.7 Å². The maximum absolute atomic E-state index is 13.2. The number of hydrogen-bond acceptors (Lipinski definition) is 5. The average Bonchev–Trinajstić information content (AvgIpc) is 2.27. The number of nitro benzene ring substituents is 1. The van der Waals surface area contributed by atoms with Crippen LogP contribution in [0.1, 0.15) is 11.7 Å². The Hall–Kier alpha value is -2.02. The van der Waals surface area contributed by atoms with Crippen molar-refractivity contribution in [3.8, 4) is 0 Å². The molecule has 1 aromatic rings. The molecule has 0 fully saturated rings. The third-order valence-electron chi connectivity index (χ3n) is 1.91. The lowest BCUT2D eigenvalue weighted by molar-refractivity contribution is -0.385. The highest BCUT2D eigenvalue weighted by atomic mass is 19.1. The van der Waals surface area contributed by atoms with E-state index in [4.69, 9.17) is 0 Å². The summed E-state index contributed by atoms with van der Waals surface area (Å²) in [4.78, 5) is 20.6. The first-order valence-corrected chi connectivity index (χ1v) is 4.17. The number of nitrogens with zero attached hydrogens (tertiary/aromatic N) is 1. The molecule has 86 valence electrons. The van der Waals surface area contributed by atoms with Crippen LogP contribution in [0.25, 0.3) is 0 Å². The van der Waals surface area contributed by atoms with E-state index >= 15 is 0 Å². The van der Waals surface area contributed by atoms with Crippen molar-refractivity contribution in [1.82, 2.24) is 0 Å². The molecule has 0 bridgehead atoms. The summed E-state index contributed by atoms with van der Waals surface area (Å²) in [6.45, 7) is 0. The first-order chi connectivity index (χ1) is 7.47. The van der Waals surface area contributed by atoms with Crippen LogP contribution in [0, 0.1) is 15.9 Å². The van der Waals surface area contributed by atoms with Crippen molar-refractivity contribution in [3.63, 3.8) is 0 Å². The molecule has 7 heteroatoms. The van der Waals surface area contributed by atoms with Crippen LogP contribution in [-0.2, 0) is 9.53 Å². The van der Waals surface area contributed by atoms with E-state index in [0.717, 1.165) is 25.3 Å². The molecular weight excluding hydrogens is 221 g/mol. The molecule has 0 aliphatic carbocycles. The van der Waals surface area contributed by atoms with Crippen LogP contribution in [-0.4, -0.2) is 23.1 Å². The number of aliphatic hydroxyl groups excluding tert-OH is 1. The van der Waals surface area contributed by atoms with Crippen LogP contribution in [0.2, 0.25) is 0 Å². The Balaban J connectivity index is 3.16. The number of carbonyl (C=O) groups excluding carboxylic acids is 1. The van der Waals surface area contributed by atoms with Gasteiger partial charge < -0.3 is 9.84 Å². The van der Waals surface area contributed by atoms with Gasteiger partial charge in [-0.15, -0.1) is 0 Å². The van der Waals surface area contributed by atoms with Gasteiger partial charge in [-0.05, 0) is 6.07 Å². The Labute approximate surface area is 89.4 Å². The summed E-state index contributed by atoms with van der Waals surface area (Å²) in [7, 11) is 1.01. The smallest absolute Gasteiger partial charge is 0.339 e. The lowest BCUT2D eigenvalue weighted by atomic mass is 10.1. The fraction of sp³-hybridized carbons (Fsp3) is 0.222. The number of halogens is 1. The van der Waals surface area contributed by atoms with Crippen molar-refractivity contribution in [1.29, 1.82) is 0 Å². The van der Waals surface area contributed by atoms with Crippen LogP contribution in [0.5, 0.6) is 0 Å². The zero-order valence-electron chi connectivity index (χ0n) is 8.21. The van der Waals surface area contributed by atoms with Crippen molar-refractivity contribution < 1.29 is 24.0 Å². The zero-order valence-corrected chi connectivity index (χ0v) is 8.21. The summed E-state index contributed by atoms with van der Waals surface area (Å²) in [5.74, 6) is -2.00. The Kier molecular flexibility index (Phi) is 3.51. The van der Waals surface area contributed by atoms with Crippen LogP contribution < -0.4 is 0 Å². The second-order valence-corrected chi connectivity index (χ2v) is 2.89. The monoisotopic (exact) mass is 229 g/mol. The SMILES string of the molecule is COC(=O)C(O)c1cc([N+](=O)[O-])ccc1F. The maximum Gasteiger partial charge on any atom is 0.339 e. The molecule has 1 rings (SSSR count). The van der Waals surface area contributed by atoms with Crippen molar-refractivity contribution in [2.24, 2.45) is 0 Å². The van der Waals surface area contributed by atoms with Gasteiger partial charge in [0.05, 0.1) is 12.0 Å². The molecule has 1 unspecified atom stereocenters. The number of non-ortho nitro benzene ring substituents is 1. The topological polar surface area (TPSA) is 89.7 Å². The molecular formula is C9H8FNO5. The summed E-state index contributed by atoms with van der Waals surface area (Å²) in [5, 5.41) is 19.8. The molecule has 1 N–H and O–H groups in total. The first-order valence-electron chi connectivity index (χ1n) is 4.17. The molecule has 1 aromatic carbocycles. The number of hydrogen-bond donors (Lipinski definition) is 1. The molecule has 16 heavy (non-hydrogen) atoms. The summed E-state index contributed by atoms with van der Waals surface area (Å²) in [6.07, 6.45) is -1.87. The Bertz CT molecular complexity index is 434. The predicted molar refractivity (Wildman–Crippen MR) is 50.0 cm³/mol. The second-order valence-electron chi connectivity index (χ2n) is 2.89. The molecule has 0 heterocycles. The first kappa shape index (κ1) is 12.1. The molecule has 0 aromatic heterocycles. The van der Waals surface area contributed by atoms with Gasteiger partial charge >= 0.3 is 5.97 Å². The summed E-state index contributed by atoms with van der Waals surface area (Å²) >= 11 is 0. The van der Waals surface area contributed by atoms with Gasteiger partial charge in [0.2, 0.25) is 0 Å². The molecule has 6 nitrogen and oxygen atoms in total. The van der Waals surface area contributed by atoms with Crippen molar-refractivity contribution >= 4 is 11.7 Å². The number of nitro groups is 1. The van der Waals surface area contributed by atoms with Gasteiger partial charge in [-0.2, -0.15) is 0 Å². The second kappa shape index (κ2) is 4.67. The molecule has 0 saturated carbocycles. The fourth-order valence-electron chi connectivity index (χ4n) is 1.09. The van der Waals surface area contributed by atoms with Gasteiger partial charge in [-0.25, -0.2) is 9.18 Å². The number of esters is 1. The van der Waals surface area contributed by atoms with Gasteiger partial charge in [-0.1, -0.05) is 0 Å². The number of carbonyl (C=O) groups is 1. The third-order valence-corrected chi connectivity index (χ3v) is 1.91. The zero-order chi connectivity index (χ0) is 12.3. The minimum absolute atomic E-state index is 0.417. The molecule has 0 saturated heterocycles. The summed E-state index contributed by atoms with van der Waals surface area (Å²) < 4.78 is 17.4. The molecule has 0 amide bonds. The van der Waals surface area contributed by atoms with Crippen molar-refractivity contribution in [3.05, 3.63) is 39.7 Å². The predicted octanol–water partition coefficient (Wildman–Crippen LogP) is 0.940. The fourth-order valence-corrected chi connectivity index (χ4v) is 1.09. The highest BCUT2D eigenvalue weighted by Gasteiger charge is 2.23. The van der Waals surface area contributed by atoms with Crippen LogP contribution >= 0.6 is 0 Å². The average molecular weight is 229 g/mol. The van der Waals surface area contributed by atoms with Crippen LogP contribution in [0.15, 0.2) is 18.2 Å².